The molecular formula is C17H20ClN3OS. The molecule has 2 atom stereocenters. The molecule has 0 saturated carbocycles. The molecule has 2 N–H and O–H groups in total. The third-order valence-electron chi connectivity index (χ3n) is 4.16. The molecule has 0 bridgehead atoms. The summed E-state index contributed by atoms with van der Waals surface area (Å²) in [5, 5.41) is 8.60. The molecule has 1 fully saturated rings. The van der Waals surface area contributed by atoms with Gasteiger partial charge in [-0.3, -0.25) is 0 Å². The van der Waals surface area contributed by atoms with Gasteiger partial charge in [0.05, 0.1) is 0 Å². The second kappa shape index (κ2) is 7.34. The average molecular weight is 350 g/mol. The van der Waals surface area contributed by atoms with Gasteiger partial charge in [0, 0.05) is 41.1 Å². The normalized spacial score (nSPS) is 21.3. The van der Waals surface area contributed by atoms with Gasteiger partial charge >= 0.3 is 6.03 Å². The second-order valence-electron chi connectivity index (χ2n) is 5.95. The highest BCUT2D eigenvalue weighted by Gasteiger charge is 2.32. The molecule has 1 aliphatic rings. The molecule has 23 heavy (non-hydrogen) atoms. The Morgan fingerprint density at radius 2 is 2.09 bits per heavy atom. The SMILES string of the molecule is CN1C[C@@H](CNC(=O)Nc2ccc(Cl)cc2)[C@H](c2cccs2)C1. The van der Waals surface area contributed by atoms with Crippen LogP contribution in [-0.4, -0.2) is 37.6 Å². The standard InChI is InChI=1S/C17H20ClN3OS/c1-21-10-12(15(11-21)16-3-2-8-23-16)9-19-17(22)20-14-6-4-13(18)5-7-14/h2-8,12,15H,9-11H2,1H3,(H2,19,20,22)/t12-,15-/m1/s1. The van der Waals surface area contributed by atoms with Crippen LogP contribution in [-0.2, 0) is 0 Å². The smallest absolute Gasteiger partial charge is 0.319 e. The summed E-state index contributed by atoms with van der Waals surface area (Å²) in [4.78, 5) is 15.8. The molecule has 0 radical (unpaired) electrons. The number of carbonyl (C=O) groups is 1. The number of anilines is 1. The molecule has 0 spiro atoms. The third-order valence-corrected chi connectivity index (χ3v) is 5.42. The van der Waals surface area contributed by atoms with E-state index in [4.69, 9.17) is 11.6 Å². The number of urea groups is 1. The average Bonchev–Trinajstić information content (AvgIpc) is 3.16. The van der Waals surface area contributed by atoms with Crippen LogP contribution in [0.15, 0.2) is 41.8 Å². The van der Waals surface area contributed by atoms with E-state index in [1.165, 1.54) is 4.88 Å². The lowest BCUT2D eigenvalue weighted by Crippen LogP contribution is -2.35. The van der Waals surface area contributed by atoms with E-state index in [0.29, 0.717) is 23.4 Å². The summed E-state index contributed by atoms with van der Waals surface area (Å²) in [6.45, 7) is 2.72. The van der Waals surface area contributed by atoms with Gasteiger partial charge < -0.3 is 15.5 Å². The van der Waals surface area contributed by atoms with E-state index in [1.807, 2.05) is 0 Å². The van der Waals surface area contributed by atoms with E-state index < -0.39 is 0 Å². The van der Waals surface area contributed by atoms with Crippen LogP contribution >= 0.6 is 22.9 Å². The van der Waals surface area contributed by atoms with Crippen LogP contribution < -0.4 is 10.6 Å². The first kappa shape index (κ1) is 16.3. The topological polar surface area (TPSA) is 44.4 Å². The number of nitrogens with zero attached hydrogens (tertiary/aromatic N) is 1. The lowest BCUT2D eigenvalue weighted by atomic mass is 9.94. The Morgan fingerprint density at radius 1 is 1.30 bits per heavy atom. The number of amides is 2. The molecule has 3 rings (SSSR count). The Bertz CT molecular complexity index is 644. The number of likely N-dealkylation sites (N-methyl/N-ethyl adjacent to an activating group) is 1. The largest absolute Gasteiger partial charge is 0.338 e. The maximum Gasteiger partial charge on any atom is 0.319 e. The van der Waals surface area contributed by atoms with Gasteiger partial charge in [-0.1, -0.05) is 17.7 Å². The van der Waals surface area contributed by atoms with Crippen molar-refractivity contribution in [1.29, 1.82) is 0 Å². The van der Waals surface area contributed by atoms with Crippen molar-refractivity contribution in [2.24, 2.45) is 5.92 Å². The quantitative estimate of drug-likeness (QED) is 0.880. The number of likely N-dealkylation sites (tertiary alicyclic amines) is 1. The highest BCUT2D eigenvalue weighted by atomic mass is 35.5. The molecule has 4 nitrogen and oxygen atoms in total. The number of thiophene rings is 1. The molecule has 1 aromatic carbocycles. The number of nitrogens with one attached hydrogen (secondary N) is 2. The summed E-state index contributed by atoms with van der Waals surface area (Å²) < 4.78 is 0. The Labute approximate surface area is 145 Å². The van der Waals surface area contributed by atoms with Gasteiger partial charge in [0.1, 0.15) is 0 Å². The van der Waals surface area contributed by atoms with Crippen LogP contribution in [0.5, 0.6) is 0 Å². The molecular weight excluding hydrogens is 330 g/mol. The first-order chi connectivity index (χ1) is 11.1. The number of benzene rings is 1. The molecule has 1 aromatic heterocycles. The van der Waals surface area contributed by atoms with Crippen LogP contribution in [0.3, 0.4) is 0 Å². The zero-order chi connectivity index (χ0) is 16.2. The van der Waals surface area contributed by atoms with Crippen LogP contribution in [0.25, 0.3) is 0 Å². The monoisotopic (exact) mass is 349 g/mol. The van der Waals surface area contributed by atoms with E-state index in [9.17, 15) is 4.79 Å². The fourth-order valence-electron chi connectivity index (χ4n) is 3.05. The van der Waals surface area contributed by atoms with Gasteiger partial charge in [0.25, 0.3) is 0 Å². The van der Waals surface area contributed by atoms with Gasteiger partial charge in [-0.05, 0) is 48.7 Å². The predicted molar refractivity (Wildman–Crippen MR) is 96.5 cm³/mol. The number of hydrogen-bond donors (Lipinski definition) is 2. The van der Waals surface area contributed by atoms with Gasteiger partial charge in [-0.2, -0.15) is 0 Å². The number of halogens is 1. The molecule has 6 heteroatoms. The molecule has 1 aliphatic heterocycles. The first-order valence-electron chi connectivity index (χ1n) is 7.64. The van der Waals surface area contributed by atoms with Crippen molar-refractivity contribution in [2.75, 3.05) is 32.0 Å². The highest BCUT2D eigenvalue weighted by Crippen LogP contribution is 2.34. The van der Waals surface area contributed by atoms with E-state index >= 15 is 0 Å². The van der Waals surface area contributed by atoms with Gasteiger partial charge in [-0.15, -0.1) is 11.3 Å². The molecule has 2 heterocycles. The van der Waals surface area contributed by atoms with E-state index in [0.717, 1.165) is 18.8 Å². The zero-order valence-corrected chi connectivity index (χ0v) is 14.5. The maximum atomic E-state index is 12.1. The lowest BCUT2D eigenvalue weighted by Gasteiger charge is -2.18. The Kier molecular flexibility index (Phi) is 5.20. The Morgan fingerprint density at radius 3 is 2.78 bits per heavy atom. The second-order valence-corrected chi connectivity index (χ2v) is 7.36. The molecule has 122 valence electrons. The number of rotatable bonds is 4. The van der Waals surface area contributed by atoms with Crippen molar-refractivity contribution in [2.45, 2.75) is 5.92 Å². The highest BCUT2D eigenvalue weighted by molar-refractivity contribution is 7.10. The van der Waals surface area contributed by atoms with Gasteiger partial charge in [0.2, 0.25) is 0 Å². The minimum Gasteiger partial charge on any atom is -0.338 e. The summed E-state index contributed by atoms with van der Waals surface area (Å²) in [7, 11) is 2.13. The third kappa shape index (κ3) is 4.25. The number of hydrogen-bond acceptors (Lipinski definition) is 3. The Hall–Kier alpha value is -1.56. The summed E-state index contributed by atoms with van der Waals surface area (Å²) in [6, 6.07) is 11.2. The summed E-state index contributed by atoms with van der Waals surface area (Å²) in [5.74, 6) is 0.936. The van der Waals surface area contributed by atoms with E-state index in [1.54, 1.807) is 35.6 Å². The van der Waals surface area contributed by atoms with Crippen molar-refractivity contribution in [3.8, 4) is 0 Å². The minimum atomic E-state index is -0.174. The van der Waals surface area contributed by atoms with Gasteiger partial charge in [0.15, 0.2) is 0 Å². The summed E-state index contributed by atoms with van der Waals surface area (Å²) in [6.07, 6.45) is 0. The van der Waals surface area contributed by atoms with Crippen molar-refractivity contribution in [3.63, 3.8) is 0 Å². The fourth-order valence-corrected chi connectivity index (χ4v) is 4.09. The van der Waals surface area contributed by atoms with Crippen molar-refractivity contribution in [3.05, 3.63) is 51.7 Å². The fraction of sp³-hybridized carbons (Fsp3) is 0.353. The van der Waals surface area contributed by atoms with E-state index in [2.05, 4.69) is 40.1 Å². The lowest BCUT2D eigenvalue weighted by molar-refractivity contribution is 0.249. The van der Waals surface area contributed by atoms with Crippen LogP contribution in [0.1, 0.15) is 10.8 Å². The van der Waals surface area contributed by atoms with Gasteiger partial charge in [-0.25, -0.2) is 4.79 Å². The van der Waals surface area contributed by atoms with Crippen LogP contribution in [0.2, 0.25) is 5.02 Å². The first-order valence-corrected chi connectivity index (χ1v) is 8.90. The molecule has 2 aromatic rings. The van der Waals surface area contributed by atoms with Crippen molar-refractivity contribution >= 4 is 34.7 Å². The van der Waals surface area contributed by atoms with Crippen molar-refractivity contribution < 1.29 is 4.79 Å². The molecule has 1 saturated heterocycles. The van der Waals surface area contributed by atoms with E-state index in [-0.39, 0.29) is 6.03 Å². The predicted octanol–water partition coefficient (Wildman–Crippen LogP) is 3.87. The number of carbonyl (C=O) groups excluding carboxylic acids is 1. The molecule has 2 amide bonds. The summed E-state index contributed by atoms with van der Waals surface area (Å²) >= 11 is 7.64. The zero-order valence-electron chi connectivity index (χ0n) is 13.0. The van der Waals surface area contributed by atoms with Crippen LogP contribution in [0.4, 0.5) is 10.5 Å². The maximum absolute atomic E-state index is 12.1. The Balaban J connectivity index is 1.54. The van der Waals surface area contributed by atoms with Crippen molar-refractivity contribution in [1.82, 2.24) is 10.2 Å². The molecule has 0 unspecified atom stereocenters. The summed E-state index contributed by atoms with van der Waals surface area (Å²) in [5.41, 5.74) is 0.741. The van der Waals surface area contributed by atoms with Crippen LogP contribution in [0, 0.1) is 5.92 Å². The minimum absolute atomic E-state index is 0.174. The molecule has 0 aliphatic carbocycles.